The first kappa shape index (κ1) is 18.8. The maximum atomic E-state index is 12.8. The quantitative estimate of drug-likeness (QED) is 0.815. The molecule has 0 unspecified atom stereocenters. The van der Waals surface area contributed by atoms with Crippen LogP contribution in [0.5, 0.6) is 0 Å². The number of fused-ring (bicyclic) bond motifs is 1. The number of carbonyl (C=O) groups excluding carboxylic acids is 2. The third-order valence-electron chi connectivity index (χ3n) is 4.28. The van der Waals surface area contributed by atoms with Gasteiger partial charge in [0.2, 0.25) is 0 Å². The molecule has 2 aromatic rings. The van der Waals surface area contributed by atoms with E-state index < -0.39 is 17.7 Å². The summed E-state index contributed by atoms with van der Waals surface area (Å²) in [4.78, 5) is 27.1. The average Bonchev–Trinajstić information content (AvgIpc) is 2.64. The number of hydrogen-bond donors (Lipinski definition) is 2. The van der Waals surface area contributed by atoms with Crippen molar-refractivity contribution in [2.24, 2.45) is 0 Å². The number of anilines is 1. The fourth-order valence-electron chi connectivity index (χ4n) is 3.01. The Morgan fingerprint density at radius 1 is 1.00 bits per heavy atom. The summed E-state index contributed by atoms with van der Waals surface area (Å²) >= 11 is 0. The molecule has 2 amide bonds. The fourth-order valence-corrected chi connectivity index (χ4v) is 3.01. The molecule has 0 bridgehead atoms. The molecule has 0 aliphatic carbocycles. The molecular formula is C21H25N3O3. The fraction of sp³-hybridized carbons (Fsp3) is 0.333. The van der Waals surface area contributed by atoms with E-state index in [-0.39, 0.29) is 5.91 Å². The first-order valence-corrected chi connectivity index (χ1v) is 9.01. The van der Waals surface area contributed by atoms with Crippen molar-refractivity contribution in [3.63, 3.8) is 0 Å². The van der Waals surface area contributed by atoms with Gasteiger partial charge in [-0.1, -0.05) is 42.5 Å². The molecule has 0 spiro atoms. The molecule has 6 nitrogen and oxygen atoms in total. The van der Waals surface area contributed by atoms with Crippen molar-refractivity contribution in [3.05, 3.63) is 65.7 Å². The van der Waals surface area contributed by atoms with Gasteiger partial charge in [0.1, 0.15) is 11.6 Å². The molecule has 6 heteroatoms. The Labute approximate surface area is 159 Å². The van der Waals surface area contributed by atoms with Gasteiger partial charge in [-0.3, -0.25) is 20.5 Å². The van der Waals surface area contributed by atoms with Crippen molar-refractivity contribution < 1.29 is 14.3 Å². The van der Waals surface area contributed by atoms with E-state index in [9.17, 15) is 9.59 Å². The van der Waals surface area contributed by atoms with Crippen molar-refractivity contribution in [2.75, 3.05) is 5.43 Å². The van der Waals surface area contributed by atoms with E-state index in [0.29, 0.717) is 13.0 Å². The number of para-hydroxylation sites is 1. The second-order valence-electron chi connectivity index (χ2n) is 7.58. The van der Waals surface area contributed by atoms with E-state index in [2.05, 4.69) is 10.9 Å². The number of amides is 2. The Bertz CT molecular complexity index is 815. The summed E-state index contributed by atoms with van der Waals surface area (Å²) in [5.74, 6) is -0.279. The van der Waals surface area contributed by atoms with Gasteiger partial charge < -0.3 is 4.74 Å². The number of ether oxygens (including phenoxy) is 1. The molecule has 1 heterocycles. The van der Waals surface area contributed by atoms with E-state index in [4.69, 9.17) is 4.74 Å². The summed E-state index contributed by atoms with van der Waals surface area (Å²) in [7, 11) is 0. The highest BCUT2D eigenvalue weighted by molar-refractivity contribution is 5.87. The first-order chi connectivity index (χ1) is 12.8. The second kappa shape index (κ2) is 7.70. The van der Waals surface area contributed by atoms with E-state index >= 15 is 0 Å². The van der Waals surface area contributed by atoms with Crippen LogP contribution in [-0.2, 0) is 22.5 Å². The van der Waals surface area contributed by atoms with Crippen LogP contribution in [-0.4, -0.2) is 28.5 Å². The number of carbonyl (C=O) groups is 2. The standard InChI is InChI=1S/C21H25N3O3/c1-21(2,3)27-20(26)24-14-16-10-8-7-9-15(16)13-18(24)19(25)23-22-17-11-5-4-6-12-17/h4-12,18,22H,13-14H2,1-3H3,(H,23,25)/t18-/m0/s1. The van der Waals surface area contributed by atoms with Crippen molar-refractivity contribution in [1.82, 2.24) is 10.3 Å². The molecule has 1 aliphatic rings. The molecule has 1 aliphatic heterocycles. The molecule has 1 atom stereocenters. The average molecular weight is 367 g/mol. The highest BCUT2D eigenvalue weighted by Crippen LogP contribution is 2.25. The molecule has 0 fully saturated rings. The van der Waals surface area contributed by atoms with Crippen LogP contribution in [0.15, 0.2) is 54.6 Å². The van der Waals surface area contributed by atoms with E-state index in [0.717, 1.165) is 16.8 Å². The van der Waals surface area contributed by atoms with Crippen LogP contribution in [0.25, 0.3) is 0 Å². The Kier molecular flexibility index (Phi) is 5.35. The number of nitrogens with one attached hydrogen (secondary N) is 2. The van der Waals surface area contributed by atoms with Crippen LogP contribution in [0, 0.1) is 0 Å². The second-order valence-corrected chi connectivity index (χ2v) is 7.58. The molecule has 27 heavy (non-hydrogen) atoms. The first-order valence-electron chi connectivity index (χ1n) is 9.01. The van der Waals surface area contributed by atoms with Crippen molar-refractivity contribution in [1.29, 1.82) is 0 Å². The van der Waals surface area contributed by atoms with Crippen LogP contribution < -0.4 is 10.9 Å². The number of hydrogen-bond acceptors (Lipinski definition) is 4. The van der Waals surface area contributed by atoms with Crippen LogP contribution in [0.1, 0.15) is 31.9 Å². The Morgan fingerprint density at radius 2 is 1.63 bits per heavy atom. The molecule has 142 valence electrons. The minimum Gasteiger partial charge on any atom is -0.444 e. The normalized spacial score (nSPS) is 16.3. The van der Waals surface area contributed by atoms with Gasteiger partial charge in [-0.25, -0.2) is 4.79 Å². The lowest BCUT2D eigenvalue weighted by Crippen LogP contribution is -2.54. The highest BCUT2D eigenvalue weighted by Gasteiger charge is 2.36. The number of rotatable bonds is 3. The van der Waals surface area contributed by atoms with Crippen LogP contribution in [0.3, 0.4) is 0 Å². The van der Waals surface area contributed by atoms with Gasteiger partial charge >= 0.3 is 6.09 Å². The number of hydrazine groups is 1. The van der Waals surface area contributed by atoms with Gasteiger partial charge in [0.05, 0.1) is 12.2 Å². The maximum absolute atomic E-state index is 12.8. The van der Waals surface area contributed by atoms with Gasteiger partial charge in [-0.05, 0) is 44.0 Å². The van der Waals surface area contributed by atoms with Crippen LogP contribution in [0.2, 0.25) is 0 Å². The molecule has 0 radical (unpaired) electrons. The summed E-state index contributed by atoms with van der Waals surface area (Å²) in [6.45, 7) is 5.78. The summed E-state index contributed by atoms with van der Waals surface area (Å²) in [5, 5.41) is 0. The van der Waals surface area contributed by atoms with Crippen LogP contribution in [0.4, 0.5) is 10.5 Å². The zero-order valence-electron chi connectivity index (χ0n) is 15.9. The molecular weight excluding hydrogens is 342 g/mol. The third-order valence-corrected chi connectivity index (χ3v) is 4.28. The Hall–Kier alpha value is -3.02. The minimum atomic E-state index is -0.647. The van der Waals surface area contributed by atoms with Gasteiger partial charge in [0.15, 0.2) is 0 Å². The SMILES string of the molecule is CC(C)(C)OC(=O)N1Cc2ccccc2C[C@H]1C(=O)NNc1ccccc1. The molecule has 0 aromatic heterocycles. The largest absolute Gasteiger partial charge is 0.444 e. The predicted molar refractivity (Wildman–Crippen MR) is 104 cm³/mol. The lowest BCUT2D eigenvalue weighted by atomic mass is 9.94. The molecule has 0 saturated carbocycles. The lowest BCUT2D eigenvalue weighted by Gasteiger charge is -2.36. The summed E-state index contributed by atoms with van der Waals surface area (Å²) in [6, 6.07) is 16.5. The topological polar surface area (TPSA) is 70.7 Å². The Morgan fingerprint density at radius 3 is 2.30 bits per heavy atom. The summed E-state index contributed by atoms with van der Waals surface area (Å²) in [5.41, 5.74) is 7.84. The van der Waals surface area contributed by atoms with Crippen molar-refractivity contribution in [2.45, 2.75) is 45.4 Å². The van der Waals surface area contributed by atoms with E-state index in [1.807, 2.05) is 75.4 Å². The monoisotopic (exact) mass is 367 g/mol. The minimum absolute atomic E-state index is 0.279. The molecule has 3 rings (SSSR count). The zero-order chi connectivity index (χ0) is 19.4. The van der Waals surface area contributed by atoms with E-state index in [1.54, 1.807) is 0 Å². The van der Waals surface area contributed by atoms with Gasteiger partial charge in [-0.2, -0.15) is 0 Å². The lowest BCUT2D eigenvalue weighted by molar-refractivity contribution is -0.126. The molecule has 0 saturated heterocycles. The van der Waals surface area contributed by atoms with Gasteiger partial charge in [0.25, 0.3) is 5.91 Å². The van der Waals surface area contributed by atoms with Crippen molar-refractivity contribution >= 4 is 17.7 Å². The number of benzene rings is 2. The van der Waals surface area contributed by atoms with Crippen molar-refractivity contribution in [3.8, 4) is 0 Å². The van der Waals surface area contributed by atoms with E-state index in [1.165, 1.54) is 4.90 Å². The maximum Gasteiger partial charge on any atom is 0.411 e. The Balaban J connectivity index is 1.78. The third kappa shape index (κ3) is 4.78. The predicted octanol–water partition coefficient (Wildman–Crippen LogP) is 3.49. The van der Waals surface area contributed by atoms with Crippen LogP contribution >= 0.6 is 0 Å². The van der Waals surface area contributed by atoms with Gasteiger partial charge in [-0.15, -0.1) is 0 Å². The smallest absolute Gasteiger partial charge is 0.411 e. The van der Waals surface area contributed by atoms with Gasteiger partial charge in [0, 0.05) is 6.42 Å². The number of nitrogens with zero attached hydrogens (tertiary/aromatic N) is 1. The zero-order valence-corrected chi connectivity index (χ0v) is 15.9. The highest BCUT2D eigenvalue weighted by atomic mass is 16.6. The molecule has 2 N–H and O–H groups in total. The summed E-state index contributed by atoms with van der Waals surface area (Å²) in [6.07, 6.45) is -0.0468. The summed E-state index contributed by atoms with van der Waals surface area (Å²) < 4.78 is 5.52. The molecule has 2 aromatic carbocycles.